The van der Waals surface area contributed by atoms with E-state index >= 15 is 0 Å². The number of nitrogens with two attached hydrogens (primary N) is 1. The zero-order valence-electron chi connectivity index (χ0n) is 17.1. The van der Waals surface area contributed by atoms with Crippen LogP contribution in [0.25, 0.3) is 0 Å². The fourth-order valence-electron chi connectivity index (χ4n) is 4.56. The molecule has 2 aromatic rings. The van der Waals surface area contributed by atoms with Gasteiger partial charge < -0.3 is 15.8 Å². The molecule has 3 N–H and O–H groups in total. The number of carbonyl (C=O) groups excluding carboxylic acids is 2. The Bertz CT molecular complexity index is 932. The topological polar surface area (TPSA) is 120 Å². The summed E-state index contributed by atoms with van der Waals surface area (Å²) in [7, 11) is 0. The van der Waals surface area contributed by atoms with Gasteiger partial charge in [-0.25, -0.2) is 0 Å². The fourth-order valence-corrected chi connectivity index (χ4v) is 4.56. The van der Waals surface area contributed by atoms with Gasteiger partial charge in [0.25, 0.3) is 0 Å². The Labute approximate surface area is 175 Å². The van der Waals surface area contributed by atoms with Gasteiger partial charge >= 0.3 is 5.97 Å². The Morgan fingerprint density at radius 3 is 2.63 bits per heavy atom. The number of rotatable bonds is 6. The van der Waals surface area contributed by atoms with Crippen molar-refractivity contribution in [1.82, 2.24) is 15.0 Å². The number of benzene rings is 1. The number of Topliss-reactive ketones (excluding diaryl/α,β-unsaturated/α-hetero) is 1. The summed E-state index contributed by atoms with van der Waals surface area (Å²) < 4.78 is 5.49. The highest BCUT2D eigenvalue weighted by Crippen LogP contribution is 2.40. The van der Waals surface area contributed by atoms with E-state index in [0.717, 1.165) is 36.9 Å². The van der Waals surface area contributed by atoms with Crippen LogP contribution in [-0.4, -0.2) is 26.7 Å². The molecule has 8 heteroatoms. The Morgan fingerprint density at radius 1 is 1.17 bits per heavy atom. The third-order valence-electron chi connectivity index (χ3n) is 6.07. The van der Waals surface area contributed by atoms with E-state index in [1.54, 1.807) is 0 Å². The number of nitrogens with zero attached hydrogens (tertiary/aromatic N) is 3. The van der Waals surface area contributed by atoms with Gasteiger partial charge in [-0.1, -0.05) is 31.5 Å². The van der Waals surface area contributed by atoms with E-state index in [-0.39, 0.29) is 36.3 Å². The van der Waals surface area contributed by atoms with Crippen molar-refractivity contribution in [3.8, 4) is 0 Å². The summed E-state index contributed by atoms with van der Waals surface area (Å²) in [5.74, 6) is 0.501. The number of carbonyl (C=O) groups is 2. The highest BCUT2D eigenvalue weighted by Gasteiger charge is 2.41. The van der Waals surface area contributed by atoms with E-state index in [4.69, 9.17) is 10.5 Å². The lowest BCUT2D eigenvalue weighted by Crippen LogP contribution is -2.39. The van der Waals surface area contributed by atoms with Crippen molar-refractivity contribution in [2.24, 2.45) is 17.8 Å². The summed E-state index contributed by atoms with van der Waals surface area (Å²) in [4.78, 5) is 37.4. The van der Waals surface area contributed by atoms with E-state index in [1.165, 1.54) is 0 Å². The van der Waals surface area contributed by atoms with Gasteiger partial charge in [-0.2, -0.15) is 15.0 Å². The van der Waals surface area contributed by atoms with Crippen LogP contribution in [0, 0.1) is 17.8 Å². The molecule has 0 amide bonds. The average molecular weight is 409 g/mol. The number of aromatic nitrogens is 3. The van der Waals surface area contributed by atoms with Gasteiger partial charge in [-0.05, 0) is 43.7 Å². The molecule has 0 spiro atoms. The molecule has 0 aliphatic heterocycles. The maximum atomic E-state index is 12.6. The molecule has 2 fully saturated rings. The van der Waals surface area contributed by atoms with Crippen LogP contribution in [-0.2, 0) is 27.4 Å². The molecule has 4 rings (SSSR count). The zero-order valence-corrected chi connectivity index (χ0v) is 17.1. The molecular formula is C22H27N5O3. The van der Waals surface area contributed by atoms with Crippen molar-refractivity contribution in [2.45, 2.75) is 52.1 Å². The van der Waals surface area contributed by atoms with E-state index in [0.29, 0.717) is 30.4 Å². The number of hydrogen-bond acceptors (Lipinski definition) is 8. The first-order valence-electron chi connectivity index (χ1n) is 10.6. The number of nitrogen functional groups attached to an aromatic ring is 1. The van der Waals surface area contributed by atoms with Gasteiger partial charge in [0.2, 0.25) is 11.9 Å². The predicted octanol–water partition coefficient (Wildman–Crippen LogP) is 3.20. The number of ether oxygens (including phenoxy) is 1. The third kappa shape index (κ3) is 4.42. The number of nitrogens with one attached hydrogen (secondary N) is 1. The fraction of sp³-hybridized carbons (Fsp3) is 0.500. The van der Waals surface area contributed by atoms with Crippen molar-refractivity contribution in [3.63, 3.8) is 0 Å². The first kappa shape index (κ1) is 20.3. The van der Waals surface area contributed by atoms with Crippen LogP contribution in [0.5, 0.6) is 0 Å². The van der Waals surface area contributed by atoms with Crippen LogP contribution in [0.2, 0.25) is 0 Å². The minimum atomic E-state index is -0.288. The van der Waals surface area contributed by atoms with E-state index in [9.17, 15) is 9.59 Å². The number of anilines is 3. The summed E-state index contributed by atoms with van der Waals surface area (Å²) in [6.45, 7) is 2.00. The molecule has 158 valence electrons. The molecular weight excluding hydrogens is 382 g/mol. The van der Waals surface area contributed by atoms with Gasteiger partial charge in [0.1, 0.15) is 5.78 Å². The lowest BCUT2D eigenvalue weighted by Gasteiger charge is -2.36. The second-order valence-electron chi connectivity index (χ2n) is 8.07. The van der Waals surface area contributed by atoms with Gasteiger partial charge in [0.05, 0.1) is 5.92 Å². The van der Waals surface area contributed by atoms with Crippen molar-refractivity contribution >= 4 is 29.3 Å². The Balaban J connectivity index is 1.40. The van der Waals surface area contributed by atoms with Crippen LogP contribution in [0.15, 0.2) is 24.3 Å². The van der Waals surface area contributed by atoms with Gasteiger partial charge in [0, 0.05) is 17.5 Å². The SMILES string of the molecule is CCc1ccccc1Nc1nc(N)nc(COC(=O)C2CC3CCCC(C2)C3=O)n1. The molecule has 2 atom stereocenters. The average Bonchev–Trinajstić information content (AvgIpc) is 2.72. The Kier molecular flexibility index (Phi) is 5.92. The molecule has 2 aliphatic carbocycles. The number of aryl methyl sites for hydroxylation is 1. The highest BCUT2D eigenvalue weighted by atomic mass is 16.5. The number of para-hydroxylation sites is 1. The number of ketones is 1. The lowest BCUT2D eigenvalue weighted by atomic mass is 9.67. The molecule has 0 saturated heterocycles. The maximum absolute atomic E-state index is 12.6. The highest BCUT2D eigenvalue weighted by molar-refractivity contribution is 5.87. The summed E-state index contributed by atoms with van der Waals surface area (Å²) in [5, 5.41) is 3.17. The van der Waals surface area contributed by atoms with Crippen molar-refractivity contribution < 1.29 is 14.3 Å². The molecule has 1 aromatic carbocycles. The molecule has 2 bridgehead atoms. The van der Waals surface area contributed by atoms with E-state index < -0.39 is 0 Å². The van der Waals surface area contributed by atoms with E-state index in [1.807, 2.05) is 24.3 Å². The molecule has 30 heavy (non-hydrogen) atoms. The first-order chi connectivity index (χ1) is 14.5. The standard InChI is InChI=1S/C22H27N5O3/c1-2-13-6-3-4-9-17(13)24-22-26-18(25-21(23)27-22)12-30-20(29)16-10-14-7-5-8-15(11-16)19(14)28/h3-4,6,9,14-16H,2,5,7-8,10-12H2,1H3,(H3,23,24,25,26,27). The molecule has 2 aliphatic rings. The summed E-state index contributed by atoms with van der Waals surface area (Å²) in [6, 6.07) is 7.88. The van der Waals surface area contributed by atoms with Gasteiger partial charge in [-0.3, -0.25) is 9.59 Å². The van der Waals surface area contributed by atoms with Crippen molar-refractivity contribution in [1.29, 1.82) is 0 Å². The smallest absolute Gasteiger partial charge is 0.309 e. The number of hydrogen-bond donors (Lipinski definition) is 2. The molecule has 1 aromatic heterocycles. The second kappa shape index (κ2) is 8.77. The van der Waals surface area contributed by atoms with Crippen LogP contribution < -0.4 is 11.1 Å². The van der Waals surface area contributed by atoms with Crippen LogP contribution in [0.3, 0.4) is 0 Å². The predicted molar refractivity (Wildman–Crippen MR) is 112 cm³/mol. The van der Waals surface area contributed by atoms with Gasteiger partial charge in [-0.15, -0.1) is 0 Å². The largest absolute Gasteiger partial charge is 0.457 e. The summed E-state index contributed by atoms with van der Waals surface area (Å²) in [6.07, 6.45) is 4.89. The van der Waals surface area contributed by atoms with E-state index in [2.05, 4.69) is 27.2 Å². The lowest BCUT2D eigenvalue weighted by molar-refractivity contribution is -0.155. The van der Waals surface area contributed by atoms with Crippen LogP contribution >= 0.6 is 0 Å². The molecule has 2 saturated carbocycles. The first-order valence-corrected chi connectivity index (χ1v) is 10.6. The number of fused-ring (bicyclic) bond motifs is 2. The molecule has 0 radical (unpaired) electrons. The second-order valence-corrected chi connectivity index (χ2v) is 8.07. The number of esters is 1. The molecule has 2 unspecified atom stereocenters. The van der Waals surface area contributed by atoms with Crippen LogP contribution in [0.4, 0.5) is 17.6 Å². The van der Waals surface area contributed by atoms with Crippen molar-refractivity contribution in [3.05, 3.63) is 35.7 Å². The van der Waals surface area contributed by atoms with Crippen LogP contribution in [0.1, 0.15) is 50.4 Å². The quantitative estimate of drug-likeness (QED) is 0.698. The zero-order chi connectivity index (χ0) is 21.1. The van der Waals surface area contributed by atoms with Gasteiger partial charge in [0.15, 0.2) is 12.4 Å². The minimum absolute atomic E-state index is 0.0114. The summed E-state index contributed by atoms with van der Waals surface area (Å²) >= 11 is 0. The maximum Gasteiger partial charge on any atom is 0.309 e. The Hall–Kier alpha value is -3.03. The molecule has 8 nitrogen and oxygen atoms in total. The Morgan fingerprint density at radius 2 is 1.90 bits per heavy atom. The third-order valence-corrected chi connectivity index (χ3v) is 6.07. The normalized spacial score (nSPS) is 23.1. The monoisotopic (exact) mass is 409 g/mol. The minimum Gasteiger partial charge on any atom is -0.457 e. The molecule has 1 heterocycles. The summed E-state index contributed by atoms with van der Waals surface area (Å²) in [5.41, 5.74) is 7.85. The van der Waals surface area contributed by atoms with Crippen molar-refractivity contribution in [2.75, 3.05) is 11.1 Å².